The summed E-state index contributed by atoms with van der Waals surface area (Å²) < 4.78 is 0. The molecule has 0 aliphatic heterocycles. The molecule has 0 fully saturated rings. The Morgan fingerprint density at radius 1 is 1.24 bits per heavy atom. The minimum absolute atomic E-state index is 0.0838. The van der Waals surface area contributed by atoms with Gasteiger partial charge in [0, 0.05) is 11.3 Å². The van der Waals surface area contributed by atoms with Gasteiger partial charge in [-0.15, -0.1) is 11.3 Å². The minimum atomic E-state index is 0.0838. The first-order valence-corrected chi connectivity index (χ1v) is 6.14. The highest BCUT2D eigenvalue weighted by molar-refractivity contribution is 7.10. The molecule has 0 atom stereocenters. The average molecular weight is 244 g/mol. The largest absolute Gasteiger partial charge is 0.508 e. The van der Waals surface area contributed by atoms with Crippen LogP contribution in [0.4, 0.5) is 0 Å². The molecule has 0 amide bonds. The lowest BCUT2D eigenvalue weighted by atomic mass is 10.1. The number of benzene rings is 1. The van der Waals surface area contributed by atoms with Gasteiger partial charge in [0.15, 0.2) is 5.78 Å². The fourth-order valence-corrected chi connectivity index (χ4v) is 2.13. The SMILES string of the molecule is O=C(/C=C/c1ccc(O)cc1)Cc1cccs1. The maximum absolute atomic E-state index is 11.6. The summed E-state index contributed by atoms with van der Waals surface area (Å²) in [5.74, 6) is 0.313. The van der Waals surface area contributed by atoms with Gasteiger partial charge in [-0.2, -0.15) is 0 Å². The Labute approximate surface area is 104 Å². The average Bonchev–Trinajstić information content (AvgIpc) is 2.81. The van der Waals surface area contributed by atoms with E-state index in [9.17, 15) is 4.79 Å². The van der Waals surface area contributed by atoms with E-state index >= 15 is 0 Å². The zero-order chi connectivity index (χ0) is 12.1. The zero-order valence-electron chi connectivity index (χ0n) is 9.17. The maximum atomic E-state index is 11.6. The predicted molar refractivity (Wildman–Crippen MR) is 70.2 cm³/mol. The van der Waals surface area contributed by atoms with Crippen LogP contribution >= 0.6 is 11.3 Å². The lowest BCUT2D eigenvalue weighted by Crippen LogP contribution is -1.95. The summed E-state index contributed by atoms with van der Waals surface area (Å²) in [5.41, 5.74) is 0.905. The van der Waals surface area contributed by atoms with E-state index in [1.807, 2.05) is 17.5 Å². The number of carbonyl (C=O) groups excluding carboxylic acids is 1. The molecule has 2 rings (SSSR count). The van der Waals surface area contributed by atoms with E-state index < -0.39 is 0 Å². The monoisotopic (exact) mass is 244 g/mol. The number of allylic oxidation sites excluding steroid dienone is 1. The van der Waals surface area contributed by atoms with Gasteiger partial charge in [0.25, 0.3) is 0 Å². The second-order valence-corrected chi connectivity index (χ2v) is 4.68. The van der Waals surface area contributed by atoms with Crippen LogP contribution in [0.5, 0.6) is 5.75 Å². The van der Waals surface area contributed by atoms with Crippen molar-refractivity contribution < 1.29 is 9.90 Å². The van der Waals surface area contributed by atoms with Crippen LogP contribution in [-0.2, 0) is 11.2 Å². The van der Waals surface area contributed by atoms with Crippen molar-refractivity contribution in [3.63, 3.8) is 0 Å². The van der Waals surface area contributed by atoms with Crippen LogP contribution in [0.2, 0.25) is 0 Å². The first-order valence-electron chi connectivity index (χ1n) is 5.26. The number of carbonyl (C=O) groups is 1. The Morgan fingerprint density at radius 2 is 2.00 bits per heavy atom. The van der Waals surface area contributed by atoms with Crippen LogP contribution in [0.15, 0.2) is 47.9 Å². The molecule has 1 N–H and O–H groups in total. The molecule has 1 aromatic carbocycles. The molecule has 0 saturated carbocycles. The Hall–Kier alpha value is -1.87. The Balaban J connectivity index is 1.96. The van der Waals surface area contributed by atoms with Crippen LogP contribution < -0.4 is 0 Å². The highest BCUT2D eigenvalue weighted by atomic mass is 32.1. The van der Waals surface area contributed by atoms with E-state index in [1.165, 1.54) is 0 Å². The zero-order valence-corrected chi connectivity index (χ0v) is 9.98. The number of hydrogen-bond donors (Lipinski definition) is 1. The Morgan fingerprint density at radius 3 is 2.65 bits per heavy atom. The van der Waals surface area contributed by atoms with Crippen LogP contribution in [0.1, 0.15) is 10.4 Å². The highest BCUT2D eigenvalue weighted by Crippen LogP contribution is 2.12. The van der Waals surface area contributed by atoms with Crippen molar-refractivity contribution in [1.29, 1.82) is 0 Å². The van der Waals surface area contributed by atoms with Gasteiger partial charge in [0.2, 0.25) is 0 Å². The quantitative estimate of drug-likeness (QED) is 0.838. The summed E-state index contributed by atoms with van der Waals surface area (Å²) in [7, 11) is 0. The van der Waals surface area contributed by atoms with Crippen molar-refractivity contribution in [3.05, 3.63) is 58.3 Å². The van der Waals surface area contributed by atoms with Gasteiger partial charge >= 0.3 is 0 Å². The van der Waals surface area contributed by atoms with Crippen molar-refractivity contribution in [3.8, 4) is 5.75 Å². The third kappa shape index (κ3) is 3.57. The van der Waals surface area contributed by atoms with Gasteiger partial charge in [0.05, 0.1) is 0 Å². The number of thiophene rings is 1. The maximum Gasteiger partial charge on any atom is 0.160 e. The second-order valence-electron chi connectivity index (χ2n) is 3.65. The summed E-state index contributed by atoms with van der Waals surface area (Å²) in [5, 5.41) is 11.1. The summed E-state index contributed by atoms with van der Waals surface area (Å²) in [6, 6.07) is 10.6. The number of aromatic hydroxyl groups is 1. The van der Waals surface area contributed by atoms with E-state index in [4.69, 9.17) is 5.11 Å². The number of rotatable bonds is 4. The van der Waals surface area contributed by atoms with Gasteiger partial charge in [-0.1, -0.05) is 24.3 Å². The molecule has 0 aliphatic rings. The van der Waals surface area contributed by atoms with E-state index in [-0.39, 0.29) is 11.5 Å². The molecule has 0 unspecified atom stereocenters. The molecule has 2 aromatic rings. The van der Waals surface area contributed by atoms with Crippen molar-refractivity contribution in [2.75, 3.05) is 0 Å². The number of phenolic OH excluding ortho intramolecular Hbond substituents is 1. The van der Waals surface area contributed by atoms with Crippen LogP contribution in [0.25, 0.3) is 6.08 Å². The third-order valence-corrected chi connectivity index (χ3v) is 3.16. The highest BCUT2D eigenvalue weighted by Gasteiger charge is 2.00. The minimum Gasteiger partial charge on any atom is -0.508 e. The fourth-order valence-electron chi connectivity index (χ4n) is 1.42. The molecular formula is C14H12O2S. The molecule has 0 spiro atoms. The van der Waals surface area contributed by atoms with Crippen molar-refractivity contribution in [2.24, 2.45) is 0 Å². The summed E-state index contributed by atoms with van der Waals surface area (Å²) in [4.78, 5) is 12.7. The van der Waals surface area contributed by atoms with Crippen LogP contribution in [-0.4, -0.2) is 10.9 Å². The van der Waals surface area contributed by atoms with Gasteiger partial charge in [-0.3, -0.25) is 4.79 Å². The second kappa shape index (κ2) is 5.46. The van der Waals surface area contributed by atoms with Crippen molar-refractivity contribution in [2.45, 2.75) is 6.42 Å². The normalized spacial score (nSPS) is 10.8. The molecular weight excluding hydrogens is 232 g/mol. The third-order valence-electron chi connectivity index (χ3n) is 2.28. The number of hydrogen-bond acceptors (Lipinski definition) is 3. The molecule has 0 bridgehead atoms. The van der Waals surface area contributed by atoms with Gasteiger partial charge in [0.1, 0.15) is 5.75 Å². The van der Waals surface area contributed by atoms with Gasteiger partial charge < -0.3 is 5.11 Å². The lowest BCUT2D eigenvalue weighted by molar-refractivity contribution is -0.113. The fraction of sp³-hybridized carbons (Fsp3) is 0.0714. The van der Waals surface area contributed by atoms with E-state index in [1.54, 1.807) is 47.8 Å². The topological polar surface area (TPSA) is 37.3 Å². The van der Waals surface area contributed by atoms with E-state index in [0.717, 1.165) is 10.4 Å². The van der Waals surface area contributed by atoms with Gasteiger partial charge in [-0.25, -0.2) is 0 Å². The Kier molecular flexibility index (Phi) is 3.73. The van der Waals surface area contributed by atoms with E-state index in [0.29, 0.717) is 6.42 Å². The van der Waals surface area contributed by atoms with Crippen LogP contribution in [0, 0.1) is 0 Å². The van der Waals surface area contributed by atoms with Crippen LogP contribution in [0.3, 0.4) is 0 Å². The predicted octanol–water partition coefficient (Wildman–Crippen LogP) is 3.28. The molecule has 2 nitrogen and oxygen atoms in total. The van der Waals surface area contributed by atoms with Gasteiger partial charge in [-0.05, 0) is 35.2 Å². The van der Waals surface area contributed by atoms with Crippen molar-refractivity contribution >= 4 is 23.2 Å². The molecule has 1 heterocycles. The standard InChI is InChI=1S/C14H12O2S/c15-12-6-3-11(4-7-12)5-8-13(16)10-14-2-1-9-17-14/h1-9,15H,10H2/b8-5+. The summed E-state index contributed by atoms with van der Waals surface area (Å²) in [6.07, 6.45) is 3.79. The first-order chi connectivity index (χ1) is 8.24. The molecule has 0 saturated heterocycles. The number of ketones is 1. The summed E-state index contributed by atoms with van der Waals surface area (Å²) >= 11 is 1.59. The Bertz CT molecular complexity index is 510. The lowest BCUT2D eigenvalue weighted by Gasteiger charge is -1.94. The van der Waals surface area contributed by atoms with E-state index in [2.05, 4.69) is 0 Å². The summed E-state index contributed by atoms with van der Waals surface area (Å²) in [6.45, 7) is 0. The molecule has 17 heavy (non-hydrogen) atoms. The molecule has 1 aromatic heterocycles. The molecule has 3 heteroatoms. The first kappa shape index (κ1) is 11.6. The molecule has 86 valence electrons. The van der Waals surface area contributed by atoms with Crippen molar-refractivity contribution in [1.82, 2.24) is 0 Å². The smallest absolute Gasteiger partial charge is 0.160 e. The molecule has 0 radical (unpaired) electrons. The molecule has 0 aliphatic carbocycles. The number of phenols is 1.